The number of nitrogens with zero attached hydrogens (tertiary/aromatic N) is 2. The fourth-order valence-electron chi connectivity index (χ4n) is 3.53. The first-order chi connectivity index (χ1) is 15.7. The van der Waals surface area contributed by atoms with Crippen molar-refractivity contribution in [3.8, 4) is 0 Å². The lowest BCUT2D eigenvalue weighted by molar-refractivity contribution is -0.116. The Morgan fingerprint density at radius 3 is 2.55 bits per heavy atom. The van der Waals surface area contributed by atoms with Gasteiger partial charge < -0.3 is 10.6 Å². The van der Waals surface area contributed by atoms with Crippen LogP contribution in [0.2, 0.25) is 0 Å². The van der Waals surface area contributed by atoms with E-state index in [1.54, 1.807) is 19.1 Å². The van der Waals surface area contributed by atoms with Crippen LogP contribution in [0.5, 0.6) is 0 Å². The van der Waals surface area contributed by atoms with Crippen LogP contribution >= 0.6 is 27.3 Å². The number of nitrogens with one attached hydrogen (secondary N) is 2. The minimum atomic E-state index is -0.360. The summed E-state index contributed by atoms with van der Waals surface area (Å²) >= 11 is 4.55. The fourth-order valence-corrected chi connectivity index (χ4v) is 4.95. The van der Waals surface area contributed by atoms with Crippen molar-refractivity contribution in [2.24, 2.45) is 0 Å². The number of halogens is 1. The number of anilines is 2. The Morgan fingerprint density at radius 1 is 1.06 bits per heavy atom. The third kappa shape index (κ3) is 4.74. The van der Waals surface area contributed by atoms with Gasteiger partial charge in [-0.25, -0.2) is 4.98 Å². The zero-order chi connectivity index (χ0) is 23.7. The second-order valence-electron chi connectivity index (χ2n) is 7.71. The molecule has 0 aliphatic rings. The van der Waals surface area contributed by atoms with Crippen molar-refractivity contribution < 1.29 is 9.59 Å². The van der Waals surface area contributed by atoms with Crippen molar-refractivity contribution in [1.82, 2.24) is 9.55 Å². The maximum absolute atomic E-state index is 13.1. The van der Waals surface area contributed by atoms with Crippen LogP contribution in [-0.2, 0) is 11.3 Å². The van der Waals surface area contributed by atoms with Crippen LogP contribution < -0.4 is 16.2 Å². The molecule has 9 heteroatoms. The number of carbonyl (C=O) groups excluding carboxylic acids is 2. The van der Waals surface area contributed by atoms with Gasteiger partial charge in [-0.1, -0.05) is 29.8 Å². The number of fused-ring (bicyclic) bond motifs is 1. The third-order valence-corrected chi connectivity index (χ3v) is 7.11. The molecule has 2 heterocycles. The minimum absolute atomic E-state index is 0.192. The van der Waals surface area contributed by atoms with Crippen LogP contribution in [0.1, 0.15) is 26.4 Å². The Hall–Kier alpha value is -3.30. The SMILES string of the molecule is Cc1ccc(NC(=O)c2sc3ncn(CC(=O)Nc4ccccc4Br)c(=O)c3c2C)c(C)c1. The second kappa shape index (κ2) is 9.29. The molecule has 7 nitrogen and oxygen atoms in total. The molecule has 0 atom stereocenters. The monoisotopic (exact) mass is 524 g/mol. The Labute approximate surface area is 202 Å². The molecule has 168 valence electrons. The molecule has 2 aromatic carbocycles. The number of para-hydroxylation sites is 1. The number of aryl methyl sites for hydroxylation is 3. The average molecular weight is 525 g/mol. The molecular weight excluding hydrogens is 504 g/mol. The number of aromatic nitrogens is 2. The van der Waals surface area contributed by atoms with Gasteiger partial charge in [-0.15, -0.1) is 11.3 Å². The van der Waals surface area contributed by atoms with Gasteiger partial charge in [-0.05, 0) is 66.0 Å². The van der Waals surface area contributed by atoms with Gasteiger partial charge in [-0.2, -0.15) is 0 Å². The normalized spacial score (nSPS) is 10.9. The summed E-state index contributed by atoms with van der Waals surface area (Å²) in [5.41, 5.74) is 3.59. The molecule has 2 amide bonds. The fraction of sp³-hybridized carbons (Fsp3) is 0.167. The second-order valence-corrected chi connectivity index (χ2v) is 9.57. The van der Waals surface area contributed by atoms with Crippen molar-refractivity contribution in [2.75, 3.05) is 10.6 Å². The van der Waals surface area contributed by atoms with E-state index in [0.29, 0.717) is 26.3 Å². The topological polar surface area (TPSA) is 93.1 Å². The summed E-state index contributed by atoms with van der Waals surface area (Å²) in [6.45, 7) is 5.46. The lowest BCUT2D eigenvalue weighted by Crippen LogP contribution is -2.28. The average Bonchev–Trinajstić information content (AvgIpc) is 3.11. The molecule has 0 radical (unpaired) electrons. The molecule has 2 aromatic heterocycles. The summed E-state index contributed by atoms with van der Waals surface area (Å²) in [6, 6.07) is 13.0. The van der Waals surface area contributed by atoms with Gasteiger partial charge in [0.15, 0.2) is 0 Å². The number of rotatable bonds is 5. The molecule has 0 saturated carbocycles. The maximum Gasteiger partial charge on any atom is 0.266 e. The van der Waals surface area contributed by atoms with Gasteiger partial charge in [0.05, 0.1) is 22.3 Å². The Kier molecular flexibility index (Phi) is 6.44. The molecule has 0 bridgehead atoms. The lowest BCUT2D eigenvalue weighted by atomic mass is 10.1. The van der Waals surface area contributed by atoms with Crippen molar-refractivity contribution in [3.63, 3.8) is 0 Å². The number of benzene rings is 2. The van der Waals surface area contributed by atoms with Crippen molar-refractivity contribution >= 4 is 60.7 Å². The molecule has 0 aliphatic heterocycles. The van der Waals surface area contributed by atoms with Gasteiger partial charge in [0, 0.05) is 10.2 Å². The zero-order valence-electron chi connectivity index (χ0n) is 18.2. The van der Waals surface area contributed by atoms with Crippen LogP contribution in [0.25, 0.3) is 10.2 Å². The van der Waals surface area contributed by atoms with E-state index in [0.717, 1.165) is 32.6 Å². The largest absolute Gasteiger partial charge is 0.324 e. The first-order valence-corrected chi connectivity index (χ1v) is 11.8. The molecule has 33 heavy (non-hydrogen) atoms. The summed E-state index contributed by atoms with van der Waals surface area (Å²) < 4.78 is 1.99. The number of carbonyl (C=O) groups is 2. The Bertz CT molecular complexity index is 1460. The van der Waals surface area contributed by atoms with E-state index in [1.807, 2.05) is 44.2 Å². The predicted molar refractivity (Wildman–Crippen MR) is 135 cm³/mol. The zero-order valence-corrected chi connectivity index (χ0v) is 20.6. The number of amides is 2. The highest BCUT2D eigenvalue weighted by molar-refractivity contribution is 9.10. The molecule has 0 aliphatic carbocycles. The van der Waals surface area contributed by atoms with E-state index >= 15 is 0 Å². The molecule has 2 N–H and O–H groups in total. The van der Waals surface area contributed by atoms with E-state index in [1.165, 1.54) is 10.9 Å². The number of hydrogen-bond donors (Lipinski definition) is 2. The van der Waals surface area contributed by atoms with E-state index in [-0.39, 0.29) is 23.9 Å². The highest BCUT2D eigenvalue weighted by Gasteiger charge is 2.20. The van der Waals surface area contributed by atoms with Crippen molar-refractivity contribution in [1.29, 1.82) is 0 Å². The van der Waals surface area contributed by atoms with Gasteiger partial charge in [0.1, 0.15) is 11.4 Å². The van der Waals surface area contributed by atoms with E-state index in [9.17, 15) is 14.4 Å². The third-order valence-electron chi connectivity index (χ3n) is 5.22. The number of thiophene rings is 1. The molecule has 4 aromatic rings. The molecule has 4 rings (SSSR count). The highest BCUT2D eigenvalue weighted by Crippen LogP contribution is 2.28. The van der Waals surface area contributed by atoms with Crippen molar-refractivity contribution in [3.05, 3.63) is 85.2 Å². The van der Waals surface area contributed by atoms with Crippen LogP contribution in [0.4, 0.5) is 11.4 Å². The van der Waals surface area contributed by atoms with E-state index in [2.05, 4.69) is 31.5 Å². The van der Waals surface area contributed by atoms with Crippen LogP contribution in [0.3, 0.4) is 0 Å². The molecule has 0 saturated heterocycles. The van der Waals surface area contributed by atoms with Gasteiger partial charge in [0.2, 0.25) is 5.91 Å². The number of hydrogen-bond acceptors (Lipinski definition) is 5. The van der Waals surface area contributed by atoms with E-state index < -0.39 is 0 Å². The highest BCUT2D eigenvalue weighted by atomic mass is 79.9. The lowest BCUT2D eigenvalue weighted by Gasteiger charge is -2.09. The van der Waals surface area contributed by atoms with Crippen LogP contribution in [-0.4, -0.2) is 21.4 Å². The van der Waals surface area contributed by atoms with Crippen molar-refractivity contribution in [2.45, 2.75) is 27.3 Å². The first kappa shape index (κ1) is 22.9. The quantitative estimate of drug-likeness (QED) is 0.382. The van der Waals surface area contributed by atoms with Crippen LogP contribution in [0, 0.1) is 20.8 Å². The summed E-state index contributed by atoms with van der Waals surface area (Å²) in [5, 5.41) is 6.04. The minimum Gasteiger partial charge on any atom is -0.324 e. The Morgan fingerprint density at radius 2 is 1.82 bits per heavy atom. The van der Waals surface area contributed by atoms with Gasteiger partial charge in [0.25, 0.3) is 11.5 Å². The summed E-state index contributed by atoms with van der Waals surface area (Å²) in [6.07, 6.45) is 1.34. The summed E-state index contributed by atoms with van der Waals surface area (Å²) in [4.78, 5) is 43.8. The molecule has 0 fully saturated rings. The standard InChI is InChI=1S/C24H21BrN4O3S/c1-13-8-9-17(14(2)10-13)28-22(31)21-15(3)20-23(33-21)26-12-29(24(20)32)11-19(30)27-18-7-5-4-6-16(18)25/h4-10,12H,11H2,1-3H3,(H,27,30)(H,28,31). The van der Waals surface area contributed by atoms with Crippen LogP contribution in [0.15, 0.2) is 58.1 Å². The first-order valence-electron chi connectivity index (χ1n) is 10.2. The maximum atomic E-state index is 13.1. The molecule has 0 spiro atoms. The summed E-state index contributed by atoms with van der Waals surface area (Å²) in [7, 11) is 0. The molecular formula is C24H21BrN4O3S. The van der Waals surface area contributed by atoms with Gasteiger partial charge in [-0.3, -0.25) is 19.0 Å². The smallest absolute Gasteiger partial charge is 0.266 e. The van der Waals surface area contributed by atoms with E-state index in [4.69, 9.17) is 0 Å². The molecule has 0 unspecified atom stereocenters. The predicted octanol–water partition coefficient (Wildman–Crippen LogP) is 5.04. The Balaban J connectivity index is 1.60. The van der Waals surface area contributed by atoms with Gasteiger partial charge >= 0.3 is 0 Å². The summed E-state index contributed by atoms with van der Waals surface area (Å²) in [5.74, 6) is -0.647.